The van der Waals surface area contributed by atoms with Gasteiger partial charge in [0.2, 0.25) is 10.0 Å². The van der Waals surface area contributed by atoms with Crippen molar-refractivity contribution in [3.05, 3.63) is 64.7 Å². The van der Waals surface area contributed by atoms with Crippen LogP contribution in [0.15, 0.2) is 47.4 Å². The van der Waals surface area contributed by atoms with Gasteiger partial charge in [-0.25, -0.2) is 21.9 Å². The first-order valence-corrected chi connectivity index (χ1v) is 8.42. The average molecular weight is 346 g/mol. The van der Waals surface area contributed by atoms with E-state index in [-0.39, 0.29) is 0 Å². The van der Waals surface area contributed by atoms with Crippen LogP contribution in [0.3, 0.4) is 0 Å². The Kier molecular flexibility index (Phi) is 5.16. The highest BCUT2D eigenvalue weighted by Crippen LogP contribution is 2.23. The summed E-state index contributed by atoms with van der Waals surface area (Å²) in [7, 11) is -4.18. The number of nitrogens with one attached hydrogen (secondary N) is 1. The minimum absolute atomic E-state index is 0.442. The SMILES string of the molecule is CCC(NS(=O)(=O)c1cc(F)ccc1F)c1ccc(Cl)cc1. The lowest BCUT2D eigenvalue weighted by atomic mass is 10.1. The molecule has 0 aliphatic rings. The van der Waals surface area contributed by atoms with Gasteiger partial charge in [-0.15, -0.1) is 0 Å². The number of hydrogen-bond acceptors (Lipinski definition) is 2. The maximum atomic E-state index is 13.7. The van der Waals surface area contributed by atoms with E-state index in [1.54, 1.807) is 31.2 Å². The van der Waals surface area contributed by atoms with Crippen LogP contribution in [0.4, 0.5) is 8.78 Å². The molecular formula is C15H14ClF2NO2S. The lowest BCUT2D eigenvalue weighted by molar-refractivity contribution is 0.528. The third-order valence-corrected chi connectivity index (χ3v) is 4.90. The molecule has 3 nitrogen and oxygen atoms in total. The molecule has 0 radical (unpaired) electrons. The molecule has 0 bridgehead atoms. The fourth-order valence-corrected chi connectivity index (χ4v) is 3.54. The topological polar surface area (TPSA) is 46.2 Å². The summed E-state index contributed by atoms with van der Waals surface area (Å²) >= 11 is 5.80. The Bertz CT molecular complexity index is 764. The number of rotatable bonds is 5. The van der Waals surface area contributed by atoms with Gasteiger partial charge in [0.1, 0.15) is 16.5 Å². The number of benzene rings is 2. The van der Waals surface area contributed by atoms with Crippen molar-refractivity contribution in [2.24, 2.45) is 0 Å². The first kappa shape index (κ1) is 16.9. The summed E-state index contributed by atoms with van der Waals surface area (Å²) in [6.07, 6.45) is 0.442. The first-order chi connectivity index (χ1) is 10.3. The molecule has 118 valence electrons. The van der Waals surface area contributed by atoms with E-state index in [2.05, 4.69) is 4.72 Å². The van der Waals surface area contributed by atoms with Crippen LogP contribution >= 0.6 is 11.6 Å². The van der Waals surface area contributed by atoms with Crippen molar-refractivity contribution in [1.82, 2.24) is 4.72 Å². The van der Waals surface area contributed by atoms with Crippen molar-refractivity contribution < 1.29 is 17.2 Å². The lowest BCUT2D eigenvalue weighted by Crippen LogP contribution is -2.29. The van der Waals surface area contributed by atoms with Gasteiger partial charge in [0.25, 0.3) is 0 Å². The third-order valence-electron chi connectivity index (χ3n) is 3.16. The summed E-state index contributed by atoms with van der Waals surface area (Å²) in [5, 5.41) is 0.526. The van der Waals surface area contributed by atoms with Crippen molar-refractivity contribution in [3.8, 4) is 0 Å². The molecule has 0 spiro atoms. The molecule has 1 unspecified atom stereocenters. The zero-order chi connectivity index (χ0) is 16.3. The molecule has 0 fully saturated rings. The zero-order valence-electron chi connectivity index (χ0n) is 11.7. The molecule has 0 amide bonds. The zero-order valence-corrected chi connectivity index (χ0v) is 13.3. The van der Waals surface area contributed by atoms with Crippen molar-refractivity contribution in [2.75, 3.05) is 0 Å². The first-order valence-electron chi connectivity index (χ1n) is 6.56. The quantitative estimate of drug-likeness (QED) is 0.888. The molecule has 2 aromatic rings. The van der Waals surface area contributed by atoms with Gasteiger partial charge in [-0.3, -0.25) is 0 Å². The number of halogens is 3. The van der Waals surface area contributed by atoms with Crippen LogP contribution in [-0.2, 0) is 10.0 Å². The van der Waals surface area contributed by atoms with E-state index in [1.165, 1.54) is 0 Å². The molecule has 0 aliphatic heterocycles. The highest BCUT2D eigenvalue weighted by molar-refractivity contribution is 7.89. The Morgan fingerprint density at radius 2 is 1.77 bits per heavy atom. The van der Waals surface area contributed by atoms with Crippen molar-refractivity contribution in [2.45, 2.75) is 24.3 Å². The average Bonchev–Trinajstić information content (AvgIpc) is 2.48. The Morgan fingerprint density at radius 1 is 1.14 bits per heavy atom. The van der Waals surface area contributed by atoms with Gasteiger partial charge >= 0.3 is 0 Å². The summed E-state index contributed by atoms with van der Waals surface area (Å²) in [6.45, 7) is 1.78. The third kappa shape index (κ3) is 3.82. The molecule has 7 heteroatoms. The van der Waals surface area contributed by atoms with Crippen LogP contribution in [0.5, 0.6) is 0 Å². The summed E-state index contributed by atoms with van der Waals surface area (Å²) < 4.78 is 53.8. The van der Waals surface area contributed by atoms with Crippen molar-refractivity contribution in [1.29, 1.82) is 0 Å². The Balaban J connectivity index is 2.33. The summed E-state index contributed by atoms with van der Waals surface area (Å²) in [5.41, 5.74) is 0.687. The molecular weight excluding hydrogens is 332 g/mol. The Hall–Kier alpha value is -1.50. The monoisotopic (exact) mass is 345 g/mol. The predicted octanol–water partition coefficient (Wildman–Crippen LogP) is 4.05. The Morgan fingerprint density at radius 3 is 2.36 bits per heavy atom. The van der Waals surface area contributed by atoms with Gasteiger partial charge in [0.15, 0.2) is 0 Å². The summed E-state index contributed by atoms with van der Waals surface area (Å²) in [5.74, 6) is -1.82. The predicted molar refractivity (Wildman–Crippen MR) is 81.2 cm³/mol. The molecule has 1 N–H and O–H groups in total. The molecule has 22 heavy (non-hydrogen) atoms. The minimum atomic E-state index is -4.18. The van der Waals surface area contributed by atoms with Gasteiger partial charge < -0.3 is 0 Å². The van der Waals surface area contributed by atoms with Crippen LogP contribution in [0.25, 0.3) is 0 Å². The maximum absolute atomic E-state index is 13.7. The highest BCUT2D eigenvalue weighted by atomic mass is 35.5. The van der Waals surface area contributed by atoms with Crippen molar-refractivity contribution in [3.63, 3.8) is 0 Å². The summed E-state index contributed by atoms with van der Waals surface area (Å²) in [6, 6.07) is 8.38. The van der Waals surface area contributed by atoms with E-state index in [4.69, 9.17) is 11.6 Å². The fourth-order valence-electron chi connectivity index (χ4n) is 2.02. The van der Waals surface area contributed by atoms with Crippen LogP contribution in [-0.4, -0.2) is 8.42 Å². The maximum Gasteiger partial charge on any atom is 0.244 e. The van der Waals surface area contributed by atoms with Gasteiger partial charge in [-0.2, -0.15) is 0 Å². The van der Waals surface area contributed by atoms with Crippen LogP contribution < -0.4 is 4.72 Å². The van der Waals surface area contributed by atoms with Gasteiger partial charge in [-0.05, 0) is 42.3 Å². The molecule has 2 rings (SSSR count). The van der Waals surface area contributed by atoms with Crippen molar-refractivity contribution >= 4 is 21.6 Å². The number of hydrogen-bond donors (Lipinski definition) is 1. The fraction of sp³-hybridized carbons (Fsp3) is 0.200. The largest absolute Gasteiger partial charge is 0.244 e. The second kappa shape index (κ2) is 6.73. The summed E-state index contributed by atoms with van der Waals surface area (Å²) in [4.78, 5) is -0.708. The molecule has 0 aromatic heterocycles. The molecule has 0 heterocycles. The standard InChI is InChI=1S/C15H14ClF2NO2S/c1-2-14(10-3-5-11(16)6-4-10)19-22(20,21)15-9-12(17)7-8-13(15)18/h3-9,14,19H,2H2,1H3. The van der Waals surface area contributed by atoms with E-state index < -0.39 is 32.6 Å². The smallest absolute Gasteiger partial charge is 0.207 e. The van der Waals surface area contributed by atoms with Gasteiger partial charge in [0, 0.05) is 11.1 Å². The van der Waals surface area contributed by atoms with E-state index in [9.17, 15) is 17.2 Å². The van der Waals surface area contributed by atoms with Gasteiger partial charge in [0.05, 0.1) is 0 Å². The van der Waals surface area contributed by atoms with Crippen LogP contribution in [0.2, 0.25) is 5.02 Å². The molecule has 0 saturated heterocycles. The molecule has 1 atom stereocenters. The normalized spacial score (nSPS) is 13.1. The van der Waals surface area contributed by atoms with E-state index in [1.807, 2.05) is 0 Å². The van der Waals surface area contributed by atoms with Crippen LogP contribution in [0, 0.1) is 11.6 Å². The van der Waals surface area contributed by atoms with E-state index in [0.29, 0.717) is 23.1 Å². The molecule has 0 saturated carbocycles. The highest BCUT2D eigenvalue weighted by Gasteiger charge is 2.24. The Labute approximate surface area is 133 Å². The lowest BCUT2D eigenvalue weighted by Gasteiger charge is -2.18. The van der Waals surface area contributed by atoms with Gasteiger partial charge in [-0.1, -0.05) is 30.7 Å². The minimum Gasteiger partial charge on any atom is -0.207 e. The van der Waals surface area contributed by atoms with Crippen LogP contribution in [0.1, 0.15) is 24.9 Å². The molecule has 0 aliphatic carbocycles. The van der Waals surface area contributed by atoms with E-state index in [0.717, 1.165) is 12.1 Å². The number of sulfonamides is 1. The molecule has 2 aromatic carbocycles. The van der Waals surface area contributed by atoms with E-state index >= 15 is 0 Å². The second-order valence-electron chi connectivity index (χ2n) is 4.71. The second-order valence-corrected chi connectivity index (χ2v) is 6.83.